The molecule has 0 spiro atoms. The minimum Gasteiger partial charge on any atom is -0.491 e. The van der Waals surface area contributed by atoms with Gasteiger partial charge in [0, 0.05) is 4.47 Å². The molecule has 0 amide bonds. The van der Waals surface area contributed by atoms with Gasteiger partial charge in [-0.15, -0.1) is 0 Å². The van der Waals surface area contributed by atoms with Gasteiger partial charge in [-0.1, -0.05) is 6.92 Å². The van der Waals surface area contributed by atoms with Crippen LogP contribution in [0, 0.1) is 0 Å². The number of benzene rings is 1. The first-order chi connectivity index (χ1) is 7.00. The summed E-state index contributed by atoms with van der Waals surface area (Å²) in [5.74, 6) is 0.804. The first-order valence-corrected chi connectivity index (χ1v) is 8.11. The molecule has 1 rings (SSSR count). The lowest BCUT2D eigenvalue weighted by Crippen LogP contribution is -1.98. The van der Waals surface area contributed by atoms with E-state index in [2.05, 4.69) is 86.6 Å². The Bertz CT molecular complexity index is 348. The summed E-state index contributed by atoms with van der Waals surface area (Å²) in [6, 6.07) is 0. The zero-order valence-electron chi connectivity index (χ0n) is 7.71. The first kappa shape index (κ1) is 14.5. The van der Waals surface area contributed by atoms with Crippen molar-refractivity contribution in [3.63, 3.8) is 0 Å². The molecule has 0 aliphatic heterocycles. The highest BCUT2D eigenvalue weighted by atomic mass is 79.9. The number of hydrogen-bond acceptors (Lipinski definition) is 1. The molecule has 15 heavy (non-hydrogen) atoms. The molecule has 0 aliphatic carbocycles. The molecular weight excluding hydrogens is 524 g/mol. The summed E-state index contributed by atoms with van der Waals surface area (Å²) in [6.45, 7) is 2.77. The van der Waals surface area contributed by atoms with Crippen LogP contribution in [0.25, 0.3) is 0 Å². The molecule has 0 N–H and O–H groups in total. The normalized spacial score (nSPS) is 10.5. The molecule has 6 heteroatoms. The second-order valence-corrected chi connectivity index (χ2v) is 6.71. The Kier molecular flexibility index (Phi) is 6.16. The van der Waals surface area contributed by atoms with Gasteiger partial charge in [0.05, 0.1) is 24.5 Å². The largest absolute Gasteiger partial charge is 0.491 e. The van der Waals surface area contributed by atoms with E-state index >= 15 is 0 Å². The second kappa shape index (κ2) is 6.38. The Labute approximate surface area is 131 Å². The third-order valence-electron chi connectivity index (χ3n) is 1.62. The van der Waals surface area contributed by atoms with E-state index in [1.807, 2.05) is 0 Å². The predicted octanol–water partition coefficient (Wildman–Crippen LogP) is 6.29. The molecule has 0 aliphatic rings. The van der Waals surface area contributed by atoms with Gasteiger partial charge >= 0.3 is 0 Å². The molecule has 0 heterocycles. The quantitative estimate of drug-likeness (QED) is 0.330. The van der Waals surface area contributed by atoms with Crippen molar-refractivity contribution in [2.45, 2.75) is 13.3 Å². The van der Waals surface area contributed by atoms with E-state index in [4.69, 9.17) is 4.74 Å². The maximum absolute atomic E-state index is 5.66. The van der Waals surface area contributed by atoms with Crippen LogP contribution in [0.5, 0.6) is 5.75 Å². The average molecular weight is 531 g/mol. The minimum atomic E-state index is 0.692. The Morgan fingerprint density at radius 3 is 1.60 bits per heavy atom. The monoisotopic (exact) mass is 526 g/mol. The summed E-state index contributed by atoms with van der Waals surface area (Å²) in [6.07, 6.45) is 0.976. The highest BCUT2D eigenvalue weighted by Gasteiger charge is 2.18. The average Bonchev–Trinajstić information content (AvgIpc) is 2.24. The first-order valence-electron chi connectivity index (χ1n) is 4.14. The second-order valence-electron chi connectivity index (χ2n) is 2.75. The summed E-state index contributed by atoms with van der Waals surface area (Å²) in [4.78, 5) is 0. The summed E-state index contributed by atoms with van der Waals surface area (Å²) >= 11 is 17.4. The fourth-order valence-corrected chi connectivity index (χ4v) is 4.15. The maximum Gasteiger partial charge on any atom is 0.150 e. The Morgan fingerprint density at radius 2 is 1.20 bits per heavy atom. The molecule has 0 bridgehead atoms. The van der Waals surface area contributed by atoms with E-state index in [0.29, 0.717) is 6.61 Å². The van der Waals surface area contributed by atoms with Crippen LogP contribution in [-0.4, -0.2) is 6.61 Å². The summed E-state index contributed by atoms with van der Waals surface area (Å²) in [7, 11) is 0. The Hall–Kier alpha value is 1.42. The number of rotatable bonds is 3. The standard InChI is InChI=1S/C9H7Br5O/c1-2-3-15-9-7(13)5(11)4(10)6(12)8(9)14/h2-3H2,1H3. The van der Waals surface area contributed by atoms with Crippen molar-refractivity contribution in [2.24, 2.45) is 0 Å². The van der Waals surface area contributed by atoms with Gasteiger partial charge in [-0.3, -0.25) is 0 Å². The maximum atomic E-state index is 5.66. The third-order valence-corrected chi connectivity index (χ3v) is 7.64. The molecule has 0 saturated heterocycles. The van der Waals surface area contributed by atoms with Crippen LogP contribution in [0.1, 0.15) is 13.3 Å². The van der Waals surface area contributed by atoms with Crippen molar-refractivity contribution in [3.8, 4) is 5.75 Å². The molecule has 1 aromatic carbocycles. The lowest BCUT2D eigenvalue weighted by Gasteiger charge is -2.14. The van der Waals surface area contributed by atoms with Gasteiger partial charge in [-0.2, -0.15) is 0 Å². The summed E-state index contributed by atoms with van der Waals surface area (Å²) in [5, 5.41) is 0. The smallest absolute Gasteiger partial charge is 0.150 e. The SMILES string of the molecule is CCCOc1c(Br)c(Br)c(Br)c(Br)c1Br. The van der Waals surface area contributed by atoms with E-state index in [9.17, 15) is 0 Å². The van der Waals surface area contributed by atoms with Crippen molar-refractivity contribution >= 4 is 79.6 Å². The van der Waals surface area contributed by atoms with Gasteiger partial charge in [0.25, 0.3) is 0 Å². The van der Waals surface area contributed by atoms with Gasteiger partial charge in [-0.25, -0.2) is 0 Å². The molecule has 0 atom stereocenters. The van der Waals surface area contributed by atoms with E-state index in [1.165, 1.54) is 0 Å². The van der Waals surface area contributed by atoms with Gasteiger partial charge in [0.2, 0.25) is 0 Å². The highest BCUT2D eigenvalue weighted by molar-refractivity contribution is 9.15. The fraction of sp³-hybridized carbons (Fsp3) is 0.333. The summed E-state index contributed by atoms with van der Waals surface area (Å²) in [5.41, 5.74) is 0. The lowest BCUT2D eigenvalue weighted by molar-refractivity contribution is 0.313. The van der Waals surface area contributed by atoms with Crippen LogP contribution in [-0.2, 0) is 0 Å². The van der Waals surface area contributed by atoms with Crippen LogP contribution in [0.2, 0.25) is 0 Å². The molecule has 84 valence electrons. The third kappa shape index (κ3) is 3.21. The number of ether oxygens (including phenoxy) is 1. The van der Waals surface area contributed by atoms with Crippen LogP contribution in [0.4, 0.5) is 0 Å². The minimum absolute atomic E-state index is 0.692. The molecule has 0 fully saturated rings. The van der Waals surface area contributed by atoms with Crippen LogP contribution in [0.3, 0.4) is 0 Å². The van der Waals surface area contributed by atoms with Crippen molar-refractivity contribution in [3.05, 3.63) is 22.4 Å². The Balaban J connectivity index is 3.26. The highest BCUT2D eigenvalue weighted by Crippen LogP contribution is 2.48. The van der Waals surface area contributed by atoms with Crippen molar-refractivity contribution in [1.29, 1.82) is 0 Å². The van der Waals surface area contributed by atoms with Gasteiger partial charge < -0.3 is 4.74 Å². The topological polar surface area (TPSA) is 9.23 Å². The fourth-order valence-electron chi connectivity index (χ4n) is 0.916. The molecule has 1 nitrogen and oxygen atoms in total. The van der Waals surface area contributed by atoms with E-state index in [-0.39, 0.29) is 0 Å². The zero-order chi connectivity index (χ0) is 11.6. The van der Waals surface area contributed by atoms with Crippen molar-refractivity contribution in [2.75, 3.05) is 6.61 Å². The summed E-state index contributed by atoms with van der Waals surface area (Å²) < 4.78 is 10.3. The van der Waals surface area contributed by atoms with Crippen LogP contribution in [0.15, 0.2) is 22.4 Å². The lowest BCUT2D eigenvalue weighted by atomic mass is 10.3. The van der Waals surface area contributed by atoms with Gasteiger partial charge in [0.1, 0.15) is 5.75 Å². The zero-order valence-corrected chi connectivity index (χ0v) is 15.6. The molecule has 0 saturated carbocycles. The Morgan fingerprint density at radius 1 is 0.800 bits per heavy atom. The van der Waals surface area contributed by atoms with E-state index < -0.39 is 0 Å². The van der Waals surface area contributed by atoms with Gasteiger partial charge in [0.15, 0.2) is 0 Å². The predicted molar refractivity (Wildman–Crippen MR) is 80.7 cm³/mol. The van der Waals surface area contributed by atoms with Gasteiger partial charge in [-0.05, 0) is 86.1 Å². The number of hydrogen-bond donors (Lipinski definition) is 0. The van der Waals surface area contributed by atoms with E-state index in [0.717, 1.165) is 34.5 Å². The molecule has 0 radical (unpaired) electrons. The van der Waals surface area contributed by atoms with E-state index in [1.54, 1.807) is 0 Å². The number of halogens is 5. The molecular formula is C9H7Br5O. The molecule has 0 aromatic heterocycles. The molecule has 1 aromatic rings. The van der Waals surface area contributed by atoms with Crippen molar-refractivity contribution < 1.29 is 4.74 Å². The molecule has 0 unspecified atom stereocenters. The van der Waals surface area contributed by atoms with Crippen LogP contribution < -0.4 is 4.74 Å². The van der Waals surface area contributed by atoms with Crippen molar-refractivity contribution in [1.82, 2.24) is 0 Å². The van der Waals surface area contributed by atoms with Crippen LogP contribution >= 0.6 is 79.6 Å².